The Morgan fingerprint density at radius 3 is 2.23 bits per heavy atom. The molecule has 1 aromatic carbocycles. The summed E-state index contributed by atoms with van der Waals surface area (Å²) >= 11 is 0. The fraction of sp³-hybridized carbons (Fsp3) is 0.412. The quantitative estimate of drug-likeness (QED) is 0.318. The summed E-state index contributed by atoms with van der Waals surface area (Å²) in [5.41, 5.74) is 0.674. The first kappa shape index (κ1) is 21.1. The Balaban J connectivity index is 2.05. The molecule has 0 heterocycles. The first-order chi connectivity index (χ1) is 12.4. The Bertz CT molecular complexity index is 626. The zero-order valence-electron chi connectivity index (χ0n) is 14.4. The number of carbonyl (C=O) groups is 4. The molecule has 0 saturated heterocycles. The molecule has 9 heteroatoms. The van der Waals surface area contributed by atoms with Crippen LogP contribution >= 0.6 is 0 Å². The predicted molar refractivity (Wildman–Crippen MR) is 89.9 cm³/mol. The molecule has 0 unspecified atom stereocenters. The van der Waals surface area contributed by atoms with Crippen LogP contribution in [-0.2, 0) is 28.7 Å². The van der Waals surface area contributed by atoms with Gasteiger partial charge in [0.25, 0.3) is 0 Å². The van der Waals surface area contributed by atoms with Crippen molar-refractivity contribution in [2.24, 2.45) is 0 Å². The number of Topliss-reactive ketones (excluding diaryl/α,β-unsaturated/α-hetero) is 1. The van der Waals surface area contributed by atoms with E-state index in [0.717, 1.165) is 0 Å². The largest absolute Gasteiger partial charge is 0.491 e. The number of carboxylic acid groups (broad SMARTS) is 1. The van der Waals surface area contributed by atoms with Crippen LogP contribution in [0.1, 0.15) is 19.8 Å². The SMILES string of the molecule is CC(=O)Nc1ccc(OCCOCCOC(=O)CCC(=O)C(=O)O)cc1. The Morgan fingerprint density at radius 1 is 0.962 bits per heavy atom. The highest BCUT2D eigenvalue weighted by Gasteiger charge is 2.14. The van der Waals surface area contributed by atoms with Gasteiger partial charge in [-0.05, 0) is 24.3 Å². The van der Waals surface area contributed by atoms with Crippen molar-refractivity contribution in [2.45, 2.75) is 19.8 Å². The highest BCUT2D eigenvalue weighted by molar-refractivity contribution is 6.32. The molecule has 0 bridgehead atoms. The fourth-order valence-electron chi connectivity index (χ4n) is 1.77. The van der Waals surface area contributed by atoms with Crippen molar-refractivity contribution in [3.8, 4) is 5.75 Å². The molecule has 2 N–H and O–H groups in total. The molecule has 0 aliphatic carbocycles. The number of rotatable bonds is 12. The van der Waals surface area contributed by atoms with E-state index in [1.807, 2.05) is 0 Å². The topological polar surface area (TPSA) is 128 Å². The maximum Gasteiger partial charge on any atom is 0.372 e. The molecule has 0 aliphatic heterocycles. The number of amides is 1. The predicted octanol–water partition coefficient (Wildman–Crippen LogP) is 1.02. The first-order valence-corrected chi connectivity index (χ1v) is 7.88. The Morgan fingerprint density at radius 2 is 1.62 bits per heavy atom. The number of carbonyl (C=O) groups excluding carboxylic acids is 3. The van der Waals surface area contributed by atoms with Crippen LogP contribution in [0.25, 0.3) is 0 Å². The second-order valence-corrected chi connectivity index (χ2v) is 5.12. The molecule has 26 heavy (non-hydrogen) atoms. The lowest BCUT2D eigenvalue weighted by Gasteiger charge is -2.08. The summed E-state index contributed by atoms with van der Waals surface area (Å²) in [6.07, 6.45) is -0.660. The second-order valence-electron chi connectivity index (χ2n) is 5.12. The van der Waals surface area contributed by atoms with Crippen LogP contribution in [0.5, 0.6) is 5.75 Å². The van der Waals surface area contributed by atoms with Gasteiger partial charge in [0.15, 0.2) is 0 Å². The number of aliphatic carboxylic acids is 1. The Hall–Kier alpha value is -2.94. The number of esters is 1. The van der Waals surface area contributed by atoms with Gasteiger partial charge in [0.1, 0.15) is 19.0 Å². The zero-order chi connectivity index (χ0) is 19.4. The lowest BCUT2D eigenvalue weighted by atomic mass is 10.2. The van der Waals surface area contributed by atoms with Crippen LogP contribution in [0.15, 0.2) is 24.3 Å². The highest BCUT2D eigenvalue weighted by Crippen LogP contribution is 2.15. The molecule has 0 atom stereocenters. The van der Waals surface area contributed by atoms with E-state index in [0.29, 0.717) is 18.0 Å². The average Bonchev–Trinajstić information content (AvgIpc) is 2.59. The van der Waals surface area contributed by atoms with Crippen LogP contribution in [0.4, 0.5) is 5.69 Å². The lowest BCUT2D eigenvalue weighted by molar-refractivity contribution is -0.151. The van der Waals surface area contributed by atoms with E-state index in [-0.39, 0.29) is 38.6 Å². The van der Waals surface area contributed by atoms with Crippen LogP contribution in [0.2, 0.25) is 0 Å². The van der Waals surface area contributed by atoms with Crippen LogP contribution < -0.4 is 10.1 Å². The van der Waals surface area contributed by atoms with E-state index in [1.54, 1.807) is 24.3 Å². The minimum atomic E-state index is -1.56. The summed E-state index contributed by atoms with van der Waals surface area (Å²) in [5.74, 6) is -2.77. The molecule has 0 saturated carbocycles. The molecule has 0 spiro atoms. The molecule has 0 radical (unpaired) electrons. The first-order valence-electron chi connectivity index (χ1n) is 7.88. The van der Waals surface area contributed by atoms with Gasteiger partial charge in [-0.3, -0.25) is 14.4 Å². The van der Waals surface area contributed by atoms with Crippen LogP contribution in [-0.4, -0.2) is 55.2 Å². The number of carboxylic acids is 1. The van der Waals surface area contributed by atoms with Crippen molar-refractivity contribution < 1.29 is 38.5 Å². The molecule has 142 valence electrons. The van der Waals surface area contributed by atoms with E-state index >= 15 is 0 Å². The van der Waals surface area contributed by atoms with Crippen molar-refractivity contribution in [1.29, 1.82) is 0 Å². The molecular weight excluding hydrogens is 346 g/mol. The Labute approximate surface area is 150 Å². The molecule has 1 aromatic rings. The molecule has 9 nitrogen and oxygen atoms in total. The summed E-state index contributed by atoms with van der Waals surface area (Å²) in [6.45, 7) is 2.16. The minimum absolute atomic E-state index is 0.00546. The van der Waals surface area contributed by atoms with Gasteiger partial charge in [-0.1, -0.05) is 0 Å². The number of ketones is 1. The number of anilines is 1. The third-order valence-corrected chi connectivity index (χ3v) is 2.96. The number of nitrogens with one attached hydrogen (secondary N) is 1. The third-order valence-electron chi connectivity index (χ3n) is 2.96. The molecule has 0 fully saturated rings. The second kappa shape index (κ2) is 11.6. The summed E-state index contributed by atoms with van der Waals surface area (Å²) in [7, 11) is 0. The van der Waals surface area contributed by atoms with Gasteiger partial charge < -0.3 is 24.6 Å². The summed E-state index contributed by atoms with van der Waals surface area (Å²) in [4.78, 5) is 43.3. The van der Waals surface area contributed by atoms with Gasteiger partial charge in [0.05, 0.1) is 19.6 Å². The third kappa shape index (κ3) is 9.38. The molecule has 1 amide bonds. The van der Waals surface area contributed by atoms with Crippen molar-refractivity contribution in [1.82, 2.24) is 0 Å². The smallest absolute Gasteiger partial charge is 0.372 e. The average molecular weight is 367 g/mol. The molecule has 0 aromatic heterocycles. The number of hydrogen-bond acceptors (Lipinski definition) is 7. The monoisotopic (exact) mass is 367 g/mol. The normalized spacial score (nSPS) is 10.0. The zero-order valence-corrected chi connectivity index (χ0v) is 14.4. The van der Waals surface area contributed by atoms with Crippen molar-refractivity contribution >= 4 is 29.3 Å². The minimum Gasteiger partial charge on any atom is -0.491 e. The number of ether oxygens (including phenoxy) is 3. The van der Waals surface area contributed by atoms with Crippen molar-refractivity contribution in [3.63, 3.8) is 0 Å². The maximum atomic E-state index is 11.3. The summed E-state index contributed by atoms with van der Waals surface area (Å²) in [5, 5.41) is 11.0. The van der Waals surface area contributed by atoms with E-state index in [1.165, 1.54) is 6.92 Å². The van der Waals surface area contributed by atoms with Gasteiger partial charge >= 0.3 is 11.9 Å². The molecule has 0 aliphatic rings. The number of benzene rings is 1. The standard InChI is InChI=1S/C17H21NO8/c1-12(19)18-13-2-4-14(5-3-13)25-10-8-24-9-11-26-16(21)7-6-15(20)17(22)23/h2-5H,6-11H2,1H3,(H,18,19)(H,22,23). The molecule has 1 rings (SSSR count). The van der Waals surface area contributed by atoms with Crippen molar-refractivity contribution in [3.05, 3.63) is 24.3 Å². The lowest BCUT2D eigenvalue weighted by Crippen LogP contribution is -2.17. The van der Waals surface area contributed by atoms with E-state index in [9.17, 15) is 19.2 Å². The van der Waals surface area contributed by atoms with E-state index in [2.05, 4.69) is 5.32 Å². The van der Waals surface area contributed by atoms with E-state index < -0.39 is 17.7 Å². The van der Waals surface area contributed by atoms with Gasteiger partial charge in [0.2, 0.25) is 11.7 Å². The van der Waals surface area contributed by atoms with E-state index in [4.69, 9.17) is 19.3 Å². The summed E-state index contributed by atoms with van der Waals surface area (Å²) in [6, 6.07) is 6.86. The van der Waals surface area contributed by atoms with Gasteiger partial charge in [-0.2, -0.15) is 0 Å². The van der Waals surface area contributed by atoms with Gasteiger partial charge in [0, 0.05) is 19.0 Å². The summed E-state index contributed by atoms with van der Waals surface area (Å²) < 4.78 is 15.5. The van der Waals surface area contributed by atoms with Crippen molar-refractivity contribution in [2.75, 3.05) is 31.7 Å². The maximum absolute atomic E-state index is 11.3. The van der Waals surface area contributed by atoms with Crippen LogP contribution in [0.3, 0.4) is 0 Å². The number of hydrogen-bond donors (Lipinski definition) is 2. The van der Waals surface area contributed by atoms with Crippen LogP contribution in [0, 0.1) is 0 Å². The fourth-order valence-corrected chi connectivity index (χ4v) is 1.77. The van der Waals surface area contributed by atoms with Gasteiger partial charge in [-0.25, -0.2) is 4.79 Å². The Kier molecular flexibility index (Phi) is 9.40. The highest BCUT2D eigenvalue weighted by atomic mass is 16.6. The van der Waals surface area contributed by atoms with Gasteiger partial charge in [-0.15, -0.1) is 0 Å². The molecular formula is C17H21NO8.